The van der Waals surface area contributed by atoms with Crippen molar-refractivity contribution >= 4 is 11.7 Å². The largest absolute Gasteiger partial charge is 0.481 e. The van der Waals surface area contributed by atoms with Crippen LogP contribution >= 0.6 is 0 Å². The molecule has 0 saturated carbocycles. The number of nitrogens with zero attached hydrogens (tertiary/aromatic N) is 1. The summed E-state index contributed by atoms with van der Waals surface area (Å²) in [7, 11) is 1.49. The molecule has 128 valence electrons. The van der Waals surface area contributed by atoms with E-state index in [1.807, 2.05) is 0 Å². The molecule has 2 aromatic rings. The molecule has 0 aliphatic heterocycles. The van der Waals surface area contributed by atoms with Crippen molar-refractivity contribution < 1.29 is 23.0 Å². The van der Waals surface area contributed by atoms with Crippen LogP contribution in [0, 0.1) is 6.92 Å². The van der Waals surface area contributed by atoms with Gasteiger partial charge in [-0.1, -0.05) is 12.1 Å². The molecule has 0 unspecified atom stereocenters. The van der Waals surface area contributed by atoms with Gasteiger partial charge in [-0.05, 0) is 25.1 Å². The molecule has 0 fully saturated rings. The number of pyridine rings is 1. The number of urea groups is 1. The van der Waals surface area contributed by atoms with E-state index >= 15 is 0 Å². The predicted octanol–water partition coefficient (Wildman–Crippen LogP) is 3.32. The summed E-state index contributed by atoms with van der Waals surface area (Å²) in [6, 6.07) is 7.53. The number of hydrogen-bond donors (Lipinski definition) is 2. The summed E-state index contributed by atoms with van der Waals surface area (Å²) in [6.07, 6.45) is 1.58. The Morgan fingerprint density at radius 1 is 1.29 bits per heavy atom. The van der Waals surface area contributed by atoms with Crippen LogP contribution in [0.1, 0.15) is 11.1 Å². The highest BCUT2D eigenvalue weighted by atomic mass is 19.3. The number of carbonyl (C=O) groups excluding carboxylic acids is 1. The van der Waals surface area contributed by atoms with Gasteiger partial charge in [0, 0.05) is 29.6 Å². The molecule has 6 nitrogen and oxygen atoms in total. The zero-order chi connectivity index (χ0) is 17.5. The van der Waals surface area contributed by atoms with Gasteiger partial charge in [-0.3, -0.25) is 0 Å². The maximum absolute atomic E-state index is 12.3. The Kier molecular flexibility index (Phi) is 5.89. The van der Waals surface area contributed by atoms with Crippen LogP contribution in [0.5, 0.6) is 11.6 Å². The number of aromatic nitrogens is 1. The van der Waals surface area contributed by atoms with Crippen LogP contribution in [0.4, 0.5) is 19.3 Å². The number of amides is 2. The molecular weight excluding hydrogens is 320 g/mol. The number of halogens is 2. The quantitative estimate of drug-likeness (QED) is 0.848. The van der Waals surface area contributed by atoms with Gasteiger partial charge in [-0.25, -0.2) is 9.78 Å². The van der Waals surface area contributed by atoms with Crippen LogP contribution in [-0.2, 0) is 6.54 Å². The van der Waals surface area contributed by atoms with Crippen LogP contribution < -0.4 is 20.1 Å². The average Bonchev–Trinajstić information content (AvgIpc) is 2.56. The van der Waals surface area contributed by atoms with Gasteiger partial charge in [0.15, 0.2) is 0 Å². The zero-order valence-electron chi connectivity index (χ0n) is 13.2. The van der Waals surface area contributed by atoms with Gasteiger partial charge in [-0.2, -0.15) is 8.78 Å². The smallest absolute Gasteiger partial charge is 0.387 e. The number of methoxy groups -OCH3 is 1. The first-order valence-electron chi connectivity index (χ1n) is 7.08. The molecule has 0 saturated heterocycles. The summed E-state index contributed by atoms with van der Waals surface area (Å²) >= 11 is 0. The van der Waals surface area contributed by atoms with Crippen LogP contribution in [0.15, 0.2) is 36.5 Å². The van der Waals surface area contributed by atoms with Crippen molar-refractivity contribution in [2.75, 3.05) is 12.4 Å². The first-order valence-corrected chi connectivity index (χ1v) is 7.08. The number of carbonyl (C=O) groups is 1. The lowest BCUT2D eigenvalue weighted by Crippen LogP contribution is -2.28. The maximum atomic E-state index is 12.3. The highest BCUT2D eigenvalue weighted by Gasteiger charge is 2.12. The van der Waals surface area contributed by atoms with Crippen molar-refractivity contribution in [1.29, 1.82) is 0 Å². The molecule has 0 radical (unpaired) electrons. The van der Waals surface area contributed by atoms with Crippen molar-refractivity contribution in [3.63, 3.8) is 0 Å². The van der Waals surface area contributed by atoms with Crippen molar-refractivity contribution in [3.05, 3.63) is 47.7 Å². The van der Waals surface area contributed by atoms with Crippen molar-refractivity contribution in [2.45, 2.75) is 20.1 Å². The highest BCUT2D eigenvalue weighted by molar-refractivity contribution is 5.90. The highest BCUT2D eigenvalue weighted by Crippen LogP contribution is 2.26. The molecule has 2 N–H and O–H groups in total. The van der Waals surface area contributed by atoms with Crippen LogP contribution in [-0.4, -0.2) is 24.7 Å². The second kappa shape index (κ2) is 8.09. The lowest BCUT2D eigenvalue weighted by molar-refractivity contribution is -0.0502. The standard InChI is InChI=1S/C16H17F2N3O3/c1-10-12(6-3-7-13(10)24-15(17)18)21-16(22)20-9-11-5-4-8-19-14(11)23-2/h3-8,15H,9H2,1-2H3,(H2,20,21,22). The third-order valence-electron chi connectivity index (χ3n) is 3.23. The third-order valence-corrected chi connectivity index (χ3v) is 3.23. The summed E-state index contributed by atoms with van der Waals surface area (Å²) < 4.78 is 34.2. The fourth-order valence-electron chi connectivity index (χ4n) is 2.06. The molecular formula is C16H17F2N3O3. The molecule has 0 aliphatic rings. The van der Waals surface area contributed by atoms with E-state index in [1.165, 1.54) is 19.2 Å². The van der Waals surface area contributed by atoms with Crippen molar-refractivity contribution in [2.24, 2.45) is 0 Å². The minimum absolute atomic E-state index is 0.0109. The van der Waals surface area contributed by atoms with E-state index in [-0.39, 0.29) is 12.3 Å². The number of hydrogen-bond acceptors (Lipinski definition) is 4. The number of alkyl halides is 2. The topological polar surface area (TPSA) is 72.5 Å². The number of nitrogens with one attached hydrogen (secondary N) is 2. The van der Waals surface area contributed by atoms with E-state index in [4.69, 9.17) is 4.74 Å². The summed E-state index contributed by atoms with van der Waals surface area (Å²) in [6.45, 7) is -1.14. The Bertz CT molecular complexity index is 711. The summed E-state index contributed by atoms with van der Waals surface area (Å²) in [4.78, 5) is 16.0. The van der Waals surface area contributed by atoms with Gasteiger partial charge < -0.3 is 20.1 Å². The molecule has 0 atom stereocenters. The summed E-state index contributed by atoms with van der Waals surface area (Å²) in [5, 5.41) is 5.25. The van der Waals surface area contributed by atoms with E-state index in [2.05, 4.69) is 20.4 Å². The number of anilines is 1. The Hall–Kier alpha value is -2.90. The summed E-state index contributed by atoms with van der Waals surface area (Å²) in [5.41, 5.74) is 1.50. The average molecular weight is 337 g/mol. The fraction of sp³-hybridized carbons (Fsp3) is 0.250. The van der Waals surface area contributed by atoms with Gasteiger partial charge in [0.25, 0.3) is 0 Å². The molecule has 1 aromatic carbocycles. The number of benzene rings is 1. The van der Waals surface area contributed by atoms with Gasteiger partial charge in [-0.15, -0.1) is 0 Å². The molecule has 0 spiro atoms. The van der Waals surface area contributed by atoms with Crippen LogP contribution in [0.2, 0.25) is 0 Å². The second-order valence-electron chi connectivity index (χ2n) is 4.79. The SMILES string of the molecule is COc1ncccc1CNC(=O)Nc1cccc(OC(F)F)c1C. The fourth-order valence-corrected chi connectivity index (χ4v) is 2.06. The van der Waals surface area contributed by atoms with E-state index in [0.717, 1.165) is 0 Å². The second-order valence-corrected chi connectivity index (χ2v) is 4.79. The van der Waals surface area contributed by atoms with Gasteiger partial charge in [0.05, 0.1) is 7.11 Å². The minimum Gasteiger partial charge on any atom is -0.481 e. The van der Waals surface area contributed by atoms with Crippen LogP contribution in [0.3, 0.4) is 0 Å². The maximum Gasteiger partial charge on any atom is 0.387 e. The molecule has 1 aromatic heterocycles. The minimum atomic E-state index is -2.93. The third kappa shape index (κ3) is 4.55. The van der Waals surface area contributed by atoms with Gasteiger partial charge in [0.1, 0.15) is 5.75 Å². The van der Waals surface area contributed by atoms with E-state index in [0.29, 0.717) is 22.7 Å². The van der Waals surface area contributed by atoms with Crippen LogP contribution in [0.25, 0.3) is 0 Å². The normalized spacial score (nSPS) is 10.4. The molecule has 1 heterocycles. The van der Waals surface area contributed by atoms with Gasteiger partial charge >= 0.3 is 12.6 Å². The number of rotatable bonds is 6. The number of ether oxygens (including phenoxy) is 2. The van der Waals surface area contributed by atoms with E-state index < -0.39 is 12.6 Å². The Balaban J connectivity index is 2.00. The van der Waals surface area contributed by atoms with Crippen molar-refractivity contribution in [1.82, 2.24) is 10.3 Å². The van der Waals surface area contributed by atoms with Gasteiger partial charge in [0.2, 0.25) is 5.88 Å². The van der Waals surface area contributed by atoms with E-state index in [9.17, 15) is 13.6 Å². The van der Waals surface area contributed by atoms with Crippen molar-refractivity contribution in [3.8, 4) is 11.6 Å². The first-order chi connectivity index (χ1) is 11.5. The molecule has 8 heteroatoms. The molecule has 24 heavy (non-hydrogen) atoms. The molecule has 2 amide bonds. The monoisotopic (exact) mass is 337 g/mol. The lowest BCUT2D eigenvalue weighted by Gasteiger charge is -2.14. The molecule has 0 bridgehead atoms. The summed E-state index contributed by atoms with van der Waals surface area (Å²) in [5.74, 6) is 0.429. The Morgan fingerprint density at radius 3 is 2.79 bits per heavy atom. The Morgan fingerprint density at radius 2 is 2.08 bits per heavy atom. The van der Waals surface area contributed by atoms with E-state index in [1.54, 1.807) is 31.3 Å². The lowest BCUT2D eigenvalue weighted by atomic mass is 10.2. The zero-order valence-corrected chi connectivity index (χ0v) is 13.2. The Labute approximate surface area is 137 Å². The first kappa shape index (κ1) is 17.5. The predicted molar refractivity (Wildman–Crippen MR) is 84.5 cm³/mol. The molecule has 0 aliphatic carbocycles. The molecule has 2 rings (SSSR count).